The maximum atomic E-state index is 5.28. The van der Waals surface area contributed by atoms with E-state index in [9.17, 15) is 0 Å². The molecule has 0 aliphatic rings. The van der Waals surface area contributed by atoms with Gasteiger partial charge in [0, 0.05) is 37.5 Å². The Balaban J connectivity index is 1.79. The normalized spacial score (nSPS) is 11.1. The summed E-state index contributed by atoms with van der Waals surface area (Å²) in [5.74, 6) is 0. The van der Waals surface area contributed by atoms with Gasteiger partial charge in [0.2, 0.25) is 0 Å². The molecule has 0 aliphatic carbocycles. The smallest absolute Gasteiger partial charge is 0.137 e. The van der Waals surface area contributed by atoms with E-state index in [0.717, 1.165) is 38.4 Å². The lowest BCUT2D eigenvalue weighted by Gasteiger charge is -2.04. The second-order valence-electron chi connectivity index (χ2n) is 3.94. The minimum Gasteiger partial charge on any atom is -0.382 e. The van der Waals surface area contributed by atoms with Crippen LogP contribution in [0, 0.1) is 0 Å². The number of nitrogens with one attached hydrogen (secondary N) is 2. The molecule has 0 amide bonds. The second kappa shape index (κ2) is 6.37. The quantitative estimate of drug-likeness (QED) is 0.720. The molecule has 0 fully saturated rings. The molecule has 2 aromatic rings. The van der Waals surface area contributed by atoms with Gasteiger partial charge in [0.25, 0.3) is 0 Å². The van der Waals surface area contributed by atoms with Crippen LogP contribution in [-0.2, 0) is 11.3 Å². The van der Waals surface area contributed by atoms with Gasteiger partial charge in [0.05, 0.1) is 0 Å². The van der Waals surface area contributed by atoms with Crippen molar-refractivity contribution in [3.05, 3.63) is 30.1 Å². The van der Waals surface area contributed by atoms with Crippen LogP contribution in [0.3, 0.4) is 0 Å². The molecule has 0 atom stereocenters. The van der Waals surface area contributed by atoms with Crippen molar-refractivity contribution < 1.29 is 4.74 Å². The zero-order valence-corrected chi connectivity index (χ0v) is 10.2. The van der Waals surface area contributed by atoms with E-state index in [1.165, 1.54) is 10.9 Å². The van der Waals surface area contributed by atoms with Crippen LogP contribution in [0.5, 0.6) is 0 Å². The molecule has 0 unspecified atom stereocenters. The van der Waals surface area contributed by atoms with Crippen LogP contribution in [0.25, 0.3) is 11.0 Å². The van der Waals surface area contributed by atoms with Gasteiger partial charge in [-0.3, -0.25) is 0 Å². The molecule has 0 saturated heterocycles. The van der Waals surface area contributed by atoms with Crippen LogP contribution in [0.2, 0.25) is 0 Å². The van der Waals surface area contributed by atoms with Gasteiger partial charge >= 0.3 is 0 Å². The Kier molecular flexibility index (Phi) is 4.53. The summed E-state index contributed by atoms with van der Waals surface area (Å²) in [6, 6.07) is 4.06. The monoisotopic (exact) mass is 233 g/mol. The topological polar surface area (TPSA) is 49.9 Å². The lowest BCUT2D eigenvalue weighted by molar-refractivity contribution is 0.144. The standard InChI is InChI=1S/C13H19N3O/c1-2-17-8-4-6-14-9-11-10-16-13-12(11)5-3-7-15-13/h3,5,7,10,14H,2,4,6,8-9H2,1H3,(H,15,16). The fourth-order valence-electron chi connectivity index (χ4n) is 1.83. The van der Waals surface area contributed by atoms with Gasteiger partial charge in [-0.15, -0.1) is 0 Å². The van der Waals surface area contributed by atoms with Crippen molar-refractivity contribution in [1.82, 2.24) is 15.3 Å². The number of hydrogen-bond acceptors (Lipinski definition) is 3. The van der Waals surface area contributed by atoms with Crippen molar-refractivity contribution in [2.24, 2.45) is 0 Å². The summed E-state index contributed by atoms with van der Waals surface area (Å²) in [4.78, 5) is 7.44. The minimum absolute atomic E-state index is 0.800. The van der Waals surface area contributed by atoms with Crippen LogP contribution >= 0.6 is 0 Å². The first-order valence-corrected chi connectivity index (χ1v) is 6.11. The van der Waals surface area contributed by atoms with Gasteiger partial charge in [-0.1, -0.05) is 0 Å². The van der Waals surface area contributed by atoms with Crippen molar-refractivity contribution in [1.29, 1.82) is 0 Å². The van der Waals surface area contributed by atoms with Crippen molar-refractivity contribution in [3.63, 3.8) is 0 Å². The fourth-order valence-corrected chi connectivity index (χ4v) is 1.83. The molecule has 2 aromatic heterocycles. The van der Waals surface area contributed by atoms with Crippen LogP contribution in [0.4, 0.5) is 0 Å². The highest BCUT2D eigenvalue weighted by Crippen LogP contribution is 2.14. The Morgan fingerprint density at radius 3 is 3.29 bits per heavy atom. The van der Waals surface area contributed by atoms with Gasteiger partial charge < -0.3 is 15.0 Å². The van der Waals surface area contributed by atoms with Crippen molar-refractivity contribution in [3.8, 4) is 0 Å². The lowest BCUT2D eigenvalue weighted by atomic mass is 10.2. The predicted octanol–water partition coefficient (Wildman–Crippen LogP) is 2.08. The molecule has 2 heterocycles. The first-order valence-electron chi connectivity index (χ1n) is 6.11. The Morgan fingerprint density at radius 2 is 2.41 bits per heavy atom. The third-order valence-corrected chi connectivity index (χ3v) is 2.70. The largest absolute Gasteiger partial charge is 0.382 e. The lowest BCUT2D eigenvalue weighted by Crippen LogP contribution is -2.16. The summed E-state index contributed by atoms with van der Waals surface area (Å²) in [5, 5.41) is 4.61. The van der Waals surface area contributed by atoms with Crippen molar-refractivity contribution >= 4 is 11.0 Å². The maximum Gasteiger partial charge on any atom is 0.137 e. The molecule has 4 heteroatoms. The molecule has 0 radical (unpaired) electrons. The average molecular weight is 233 g/mol. The maximum absolute atomic E-state index is 5.28. The number of ether oxygens (including phenoxy) is 1. The molecule has 2 N–H and O–H groups in total. The SMILES string of the molecule is CCOCCCNCc1c[nH]c2ncccc12. The third-order valence-electron chi connectivity index (χ3n) is 2.70. The van der Waals surface area contributed by atoms with E-state index in [4.69, 9.17) is 4.74 Å². The van der Waals surface area contributed by atoms with Crippen LogP contribution in [-0.4, -0.2) is 29.7 Å². The Labute approximate surface area is 101 Å². The van der Waals surface area contributed by atoms with Crippen LogP contribution in [0.15, 0.2) is 24.5 Å². The fraction of sp³-hybridized carbons (Fsp3) is 0.462. The molecular formula is C13H19N3O. The second-order valence-corrected chi connectivity index (χ2v) is 3.94. The summed E-state index contributed by atoms with van der Waals surface area (Å²) >= 11 is 0. The predicted molar refractivity (Wildman–Crippen MR) is 68.9 cm³/mol. The average Bonchev–Trinajstić information content (AvgIpc) is 2.77. The van der Waals surface area contributed by atoms with Crippen molar-refractivity contribution in [2.75, 3.05) is 19.8 Å². The minimum atomic E-state index is 0.800. The van der Waals surface area contributed by atoms with E-state index in [1.54, 1.807) is 6.20 Å². The highest BCUT2D eigenvalue weighted by atomic mass is 16.5. The molecule has 0 aromatic carbocycles. The van der Waals surface area contributed by atoms with Crippen LogP contribution in [0.1, 0.15) is 18.9 Å². The van der Waals surface area contributed by atoms with Gasteiger partial charge in [0.15, 0.2) is 0 Å². The number of pyridine rings is 1. The number of H-pyrrole nitrogens is 1. The highest BCUT2D eigenvalue weighted by molar-refractivity contribution is 5.79. The zero-order valence-electron chi connectivity index (χ0n) is 10.2. The highest BCUT2D eigenvalue weighted by Gasteiger charge is 2.02. The molecule has 92 valence electrons. The molecule has 2 rings (SSSR count). The van der Waals surface area contributed by atoms with Gasteiger partial charge in [-0.05, 0) is 37.6 Å². The first-order chi connectivity index (χ1) is 8.42. The van der Waals surface area contributed by atoms with Gasteiger partial charge in [0.1, 0.15) is 5.65 Å². The Morgan fingerprint density at radius 1 is 1.47 bits per heavy atom. The number of aromatic amines is 1. The molecular weight excluding hydrogens is 214 g/mol. The summed E-state index contributed by atoms with van der Waals surface area (Å²) in [6.07, 6.45) is 4.87. The summed E-state index contributed by atoms with van der Waals surface area (Å²) in [6.45, 7) is 5.50. The number of nitrogens with zero attached hydrogens (tertiary/aromatic N) is 1. The molecule has 0 aliphatic heterocycles. The Bertz CT molecular complexity index is 453. The molecule has 0 saturated carbocycles. The number of aromatic nitrogens is 2. The third kappa shape index (κ3) is 3.28. The van der Waals surface area contributed by atoms with Gasteiger partial charge in [-0.25, -0.2) is 4.98 Å². The van der Waals surface area contributed by atoms with E-state index in [1.807, 2.05) is 19.2 Å². The molecule has 0 bridgehead atoms. The molecule has 0 spiro atoms. The molecule has 17 heavy (non-hydrogen) atoms. The van der Waals surface area contributed by atoms with Crippen molar-refractivity contribution in [2.45, 2.75) is 19.9 Å². The number of fused-ring (bicyclic) bond motifs is 1. The molecule has 4 nitrogen and oxygen atoms in total. The zero-order chi connectivity index (χ0) is 11.9. The Hall–Kier alpha value is -1.39. The number of rotatable bonds is 7. The van der Waals surface area contributed by atoms with E-state index >= 15 is 0 Å². The van der Waals surface area contributed by atoms with E-state index in [-0.39, 0.29) is 0 Å². The summed E-state index contributed by atoms with van der Waals surface area (Å²) in [5.41, 5.74) is 2.23. The summed E-state index contributed by atoms with van der Waals surface area (Å²) < 4.78 is 5.28. The van der Waals surface area contributed by atoms with E-state index in [2.05, 4.69) is 21.4 Å². The van der Waals surface area contributed by atoms with E-state index in [0.29, 0.717) is 0 Å². The van der Waals surface area contributed by atoms with E-state index < -0.39 is 0 Å². The number of hydrogen-bond donors (Lipinski definition) is 2. The van der Waals surface area contributed by atoms with Crippen LogP contribution < -0.4 is 5.32 Å². The summed E-state index contributed by atoms with van der Waals surface area (Å²) in [7, 11) is 0. The van der Waals surface area contributed by atoms with Gasteiger partial charge in [-0.2, -0.15) is 0 Å². The first kappa shape index (κ1) is 12.1.